The molecule has 8 nitrogen and oxygen atoms in total. The molecule has 0 spiro atoms. The van der Waals surface area contributed by atoms with E-state index in [0.717, 1.165) is 30.1 Å². The van der Waals surface area contributed by atoms with Crippen LogP contribution < -0.4 is 10.6 Å². The van der Waals surface area contributed by atoms with Crippen LogP contribution in [0.1, 0.15) is 29.0 Å². The molecule has 0 unspecified atom stereocenters. The molecule has 3 rings (SSSR count). The van der Waals surface area contributed by atoms with Crippen molar-refractivity contribution in [3.63, 3.8) is 0 Å². The van der Waals surface area contributed by atoms with Gasteiger partial charge in [-0.05, 0) is 25.0 Å². The molecule has 1 saturated heterocycles. The molecule has 0 bridgehead atoms. The number of anilines is 2. The van der Waals surface area contributed by atoms with Gasteiger partial charge in [-0.3, -0.25) is 0 Å². The molecule has 1 fully saturated rings. The molecule has 0 saturated carbocycles. The number of aromatic nitrogens is 3. The number of benzene rings is 1. The maximum absolute atomic E-state index is 12.6. The Labute approximate surface area is 162 Å². The fraction of sp³-hybridized carbons (Fsp3) is 0.444. The highest BCUT2D eigenvalue weighted by Gasteiger charge is 2.19. The van der Waals surface area contributed by atoms with Crippen LogP contribution in [0.5, 0.6) is 0 Å². The Morgan fingerprint density at radius 1 is 1.33 bits per heavy atom. The van der Waals surface area contributed by atoms with E-state index in [1.54, 1.807) is 36.8 Å². The van der Waals surface area contributed by atoms with Gasteiger partial charge in [-0.15, -0.1) is 11.8 Å². The minimum Gasteiger partial charge on any atom is -0.454 e. The second-order valence-electron chi connectivity index (χ2n) is 6.32. The lowest BCUT2D eigenvalue weighted by molar-refractivity contribution is 0.0458. The van der Waals surface area contributed by atoms with Crippen molar-refractivity contribution in [2.45, 2.75) is 30.4 Å². The Balaban J connectivity index is 1.64. The Bertz CT molecular complexity index is 796. The third-order valence-electron chi connectivity index (χ3n) is 3.98. The molecule has 1 atom stereocenters. The van der Waals surface area contributed by atoms with Crippen molar-refractivity contribution in [3.8, 4) is 0 Å². The lowest BCUT2D eigenvalue weighted by Gasteiger charge is -2.13. The molecule has 1 aromatic carbocycles. The second-order valence-corrected chi connectivity index (χ2v) is 7.38. The predicted molar refractivity (Wildman–Crippen MR) is 104 cm³/mol. The molecular formula is C18H23N5O3S. The van der Waals surface area contributed by atoms with Gasteiger partial charge in [0.05, 0.1) is 11.7 Å². The molecule has 2 heterocycles. The largest absolute Gasteiger partial charge is 0.454 e. The van der Waals surface area contributed by atoms with Crippen molar-refractivity contribution in [1.29, 1.82) is 0 Å². The first-order valence-electron chi connectivity index (χ1n) is 8.71. The molecule has 9 heteroatoms. The maximum Gasteiger partial charge on any atom is 0.339 e. The first-order chi connectivity index (χ1) is 13.0. The first kappa shape index (κ1) is 19.4. The summed E-state index contributed by atoms with van der Waals surface area (Å²) in [5, 5.41) is 0. The van der Waals surface area contributed by atoms with Gasteiger partial charge in [-0.25, -0.2) is 4.79 Å². The molecule has 27 heavy (non-hydrogen) atoms. The van der Waals surface area contributed by atoms with Crippen molar-refractivity contribution in [2.24, 2.45) is 0 Å². The van der Waals surface area contributed by atoms with Crippen molar-refractivity contribution in [3.05, 3.63) is 35.7 Å². The maximum atomic E-state index is 12.6. The van der Waals surface area contributed by atoms with Gasteiger partial charge in [-0.2, -0.15) is 15.0 Å². The lowest BCUT2D eigenvalue weighted by Crippen LogP contribution is -2.17. The van der Waals surface area contributed by atoms with Crippen LogP contribution in [0.2, 0.25) is 0 Å². The minimum absolute atomic E-state index is 0.0723. The molecular weight excluding hydrogens is 366 g/mol. The number of esters is 1. The molecule has 2 aromatic rings. The topological polar surface area (TPSA) is 103 Å². The van der Waals surface area contributed by atoms with Crippen LogP contribution in [0.4, 0.5) is 11.9 Å². The quantitative estimate of drug-likeness (QED) is 0.563. The van der Waals surface area contributed by atoms with Crippen molar-refractivity contribution < 1.29 is 14.3 Å². The zero-order chi connectivity index (χ0) is 19.2. The summed E-state index contributed by atoms with van der Waals surface area (Å²) in [6.07, 6.45) is 2.41. The van der Waals surface area contributed by atoms with E-state index in [1.807, 2.05) is 18.2 Å². The number of nitrogen functional groups attached to an aromatic ring is 1. The average Bonchev–Trinajstić information content (AvgIpc) is 3.18. The van der Waals surface area contributed by atoms with Crippen LogP contribution in [0.25, 0.3) is 0 Å². The Hall–Kier alpha value is -2.39. The zero-order valence-electron chi connectivity index (χ0n) is 15.4. The van der Waals surface area contributed by atoms with E-state index >= 15 is 0 Å². The van der Waals surface area contributed by atoms with E-state index in [2.05, 4.69) is 15.0 Å². The number of nitrogens with two attached hydrogens (primary N) is 1. The predicted octanol–water partition coefficient (Wildman–Crippen LogP) is 2.15. The lowest BCUT2D eigenvalue weighted by atomic mass is 10.2. The standard InChI is InChI=1S/C18H23N5O3S/c1-23(2)18-21-15(20-17(19)22-18)10-26-16(24)13-7-3-4-8-14(13)27-11-12-6-5-9-25-12/h3-4,7-8,12H,5-6,9-11H2,1-2H3,(H2,19,20,21,22)/t12-/m0/s1. The minimum atomic E-state index is -0.421. The highest BCUT2D eigenvalue weighted by Crippen LogP contribution is 2.27. The monoisotopic (exact) mass is 389 g/mol. The van der Waals surface area contributed by atoms with Crippen molar-refractivity contribution in [2.75, 3.05) is 37.1 Å². The second kappa shape index (κ2) is 9.01. The Kier molecular flexibility index (Phi) is 6.46. The molecule has 0 radical (unpaired) electrons. The highest BCUT2D eigenvalue weighted by atomic mass is 32.2. The van der Waals surface area contributed by atoms with Crippen LogP contribution in [-0.2, 0) is 16.1 Å². The van der Waals surface area contributed by atoms with E-state index in [4.69, 9.17) is 15.2 Å². The number of rotatable bonds is 7. The number of ether oxygens (including phenoxy) is 2. The van der Waals surface area contributed by atoms with Gasteiger partial charge in [0.1, 0.15) is 0 Å². The van der Waals surface area contributed by atoms with Crippen LogP contribution in [0, 0.1) is 0 Å². The normalized spacial score (nSPS) is 16.3. The molecule has 1 aliphatic heterocycles. The van der Waals surface area contributed by atoms with Crippen LogP contribution in [-0.4, -0.2) is 53.5 Å². The summed E-state index contributed by atoms with van der Waals surface area (Å²) in [6, 6.07) is 7.40. The number of carbonyl (C=O) groups excluding carboxylic acids is 1. The summed E-state index contributed by atoms with van der Waals surface area (Å²) in [5.41, 5.74) is 6.22. The third kappa shape index (κ3) is 5.30. The van der Waals surface area contributed by atoms with Crippen molar-refractivity contribution >= 4 is 29.6 Å². The fourth-order valence-corrected chi connectivity index (χ4v) is 3.73. The number of hydrogen-bond acceptors (Lipinski definition) is 9. The Morgan fingerprint density at radius 3 is 2.89 bits per heavy atom. The van der Waals surface area contributed by atoms with Gasteiger partial charge < -0.3 is 20.1 Å². The molecule has 0 amide bonds. The van der Waals surface area contributed by atoms with Gasteiger partial charge >= 0.3 is 5.97 Å². The zero-order valence-corrected chi connectivity index (χ0v) is 16.2. The van der Waals surface area contributed by atoms with Crippen LogP contribution in [0.15, 0.2) is 29.2 Å². The highest BCUT2D eigenvalue weighted by molar-refractivity contribution is 7.99. The van der Waals surface area contributed by atoms with Gasteiger partial charge in [0.25, 0.3) is 0 Å². The van der Waals surface area contributed by atoms with E-state index in [9.17, 15) is 4.79 Å². The molecule has 2 N–H and O–H groups in total. The summed E-state index contributed by atoms with van der Waals surface area (Å²) in [5.74, 6) is 1.22. The van der Waals surface area contributed by atoms with Gasteiger partial charge in [0.2, 0.25) is 11.9 Å². The first-order valence-corrected chi connectivity index (χ1v) is 9.70. The summed E-state index contributed by atoms with van der Waals surface area (Å²) < 4.78 is 11.1. The number of thioether (sulfide) groups is 1. The van der Waals surface area contributed by atoms with Gasteiger partial charge in [0.15, 0.2) is 12.4 Å². The number of hydrogen-bond donors (Lipinski definition) is 1. The van der Waals surface area contributed by atoms with Crippen molar-refractivity contribution in [1.82, 2.24) is 15.0 Å². The molecule has 144 valence electrons. The van der Waals surface area contributed by atoms with E-state index < -0.39 is 5.97 Å². The number of nitrogens with zero attached hydrogens (tertiary/aromatic N) is 4. The molecule has 0 aliphatic carbocycles. The average molecular weight is 389 g/mol. The summed E-state index contributed by atoms with van der Waals surface area (Å²) in [7, 11) is 3.60. The smallest absolute Gasteiger partial charge is 0.339 e. The van der Waals surface area contributed by atoms with E-state index in [-0.39, 0.29) is 18.7 Å². The summed E-state index contributed by atoms with van der Waals surface area (Å²) in [4.78, 5) is 27.4. The molecule has 1 aromatic heterocycles. The Morgan fingerprint density at radius 2 is 2.15 bits per heavy atom. The van der Waals surface area contributed by atoms with Gasteiger partial charge in [0, 0.05) is 31.4 Å². The number of carbonyl (C=O) groups is 1. The fourth-order valence-electron chi connectivity index (χ4n) is 2.62. The SMILES string of the molecule is CN(C)c1nc(N)nc(COC(=O)c2ccccc2SC[C@@H]2CCCO2)n1. The van der Waals surface area contributed by atoms with E-state index in [1.165, 1.54) is 0 Å². The van der Waals surface area contributed by atoms with E-state index in [0.29, 0.717) is 17.3 Å². The third-order valence-corrected chi connectivity index (χ3v) is 5.18. The molecule has 1 aliphatic rings. The van der Waals surface area contributed by atoms with Crippen LogP contribution >= 0.6 is 11.8 Å². The summed E-state index contributed by atoms with van der Waals surface area (Å²) in [6.45, 7) is 0.746. The van der Waals surface area contributed by atoms with Gasteiger partial charge in [-0.1, -0.05) is 12.1 Å². The summed E-state index contributed by atoms with van der Waals surface area (Å²) >= 11 is 1.61. The van der Waals surface area contributed by atoms with Crippen LogP contribution in [0.3, 0.4) is 0 Å².